The van der Waals surface area contributed by atoms with Crippen molar-refractivity contribution in [3.05, 3.63) is 0 Å². The molecule has 3 aliphatic rings. The highest BCUT2D eigenvalue weighted by molar-refractivity contribution is 5.84. The first-order valence-electron chi connectivity index (χ1n) is 6.85. The van der Waals surface area contributed by atoms with E-state index in [1.807, 2.05) is 7.05 Å². The Bertz CT molecular complexity index is 380. The third-order valence-electron chi connectivity index (χ3n) is 5.23. The highest BCUT2D eigenvalue weighted by atomic mass is 16.4. The Morgan fingerprint density at radius 2 is 2.00 bits per heavy atom. The second kappa shape index (κ2) is 4.14. The summed E-state index contributed by atoms with van der Waals surface area (Å²) < 4.78 is 0. The Hall–Kier alpha value is -1.26. The summed E-state index contributed by atoms with van der Waals surface area (Å²) in [6, 6.07) is 0. The van der Waals surface area contributed by atoms with Gasteiger partial charge in [0.2, 0.25) is 5.91 Å². The smallest absolute Gasteiger partial charge is 0.226 e. The van der Waals surface area contributed by atoms with Crippen LogP contribution < -0.4 is 5.73 Å². The van der Waals surface area contributed by atoms with Crippen molar-refractivity contribution in [3.8, 4) is 0 Å². The normalized spacial score (nSPS) is 40.7. The minimum absolute atomic E-state index is 0.186. The average Bonchev–Trinajstić information content (AvgIpc) is 2.82. The molecule has 0 aromatic carbocycles. The molecule has 3 saturated carbocycles. The van der Waals surface area contributed by atoms with Gasteiger partial charge in [0.15, 0.2) is 0 Å². The Labute approximate surface area is 107 Å². The molecule has 3 rings (SSSR count). The van der Waals surface area contributed by atoms with Crippen molar-refractivity contribution in [2.75, 3.05) is 13.6 Å². The van der Waals surface area contributed by atoms with E-state index >= 15 is 0 Å². The first-order valence-corrected chi connectivity index (χ1v) is 6.85. The van der Waals surface area contributed by atoms with Crippen molar-refractivity contribution in [2.45, 2.75) is 25.7 Å². The first kappa shape index (κ1) is 11.8. The fourth-order valence-electron chi connectivity index (χ4n) is 4.35. The van der Waals surface area contributed by atoms with Gasteiger partial charge in [0.1, 0.15) is 5.84 Å². The Morgan fingerprint density at radius 1 is 1.39 bits per heavy atom. The fourth-order valence-corrected chi connectivity index (χ4v) is 4.35. The largest absolute Gasteiger partial charge is 0.409 e. The van der Waals surface area contributed by atoms with E-state index in [0.717, 1.165) is 11.8 Å². The molecule has 18 heavy (non-hydrogen) atoms. The molecule has 0 spiro atoms. The van der Waals surface area contributed by atoms with Gasteiger partial charge in [-0.05, 0) is 42.9 Å². The molecule has 0 aliphatic heterocycles. The SMILES string of the molecule is CN(CCC(N)=NO)C(=O)C1C2C3CCC(C3)C12. The minimum Gasteiger partial charge on any atom is -0.409 e. The number of carbonyl (C=O) groups is 1. The van der Waals surface area contributed by atoms with E-state index in [-0.39, 0.29) is 17.7 Å². The van der Waals surface area contributed by atoms with E-state index in [4.69, 9.17) is 10.9 Å². The molecule has 0 aromatic heterocycles. The van der Waals surface area contributed by atoms with Gasteiger partial charge in [0.25, 0.3) is 0 Å². The zero-order valence-electron chi connectivity index (χ0n) is 10.7. The number of nitrogens with two attached hydrogens (primary N) is 1. The number of hydrogen-bond donors (Lipinski definition) is 2. The number of fused-ring (bicyclic) bond motifs is 5. The van der Waals surface area contributed by atoms with Crippen LogP contribution in [0.1, 0.15) is 25.7 Å². The molecule has 0 saturated heterocycles. The van der Waals surface area contributed by atoms with Crippen molar-refractivity contribution >= 4 is 11.7 Å². The second-order valence-corrected chi connectivity index (χ2v) is 6.11. The maximum Gasteiger partial charge on any atom is 0.226 e. The number of hydrogen-bond acceptors (Lipinski definition) is 3. The zero-order valence-corrected chi connectivity index (χ0v) is 10.7. The molecule has 2 bridgehead atoms. The summed E-state index contributed by atoms with van der Waals surface area (Å²) in [6.07, 6.45) is 4.48. The molecule has 5 nitrogen and oxygen atoms in total. The summed E-state index contributed by atoms with van der Waals surface area (Å²) in [5.74, 6) is 3.76. The van der Waals surface area contributed by atoms with Crippen LogP contribution in [0.5, 0.6) is 0 Å². The van der Waals surface area contributed by atoms with Gasteiger partial charge in [-0.25, -0.2) is 0 Å². The van der Waals surface area contributed by atoms with Crippen LogP contribution in [-0.2, 0) is 4.79 Å². The lowest BCUT2D eigenvalue weighted by Crippen LogP contribution is -2.33. The van der Waals surface area contributed by atoms with Gasteiger partial charge in [-0.2, -0.15) is 0 Å². The van der Waals surface area contributed by atoms with Crippen LogP contribution in [0.2, 0.25) is 0 Å². The van der Waals surface area contributed by atoms with E-state index in [1.165, 1.54) is 19.3 Å². The molecular formula is C13H21N3O2. The van der Waals surface area contributed by atoms with E-state index in [0.29, 0.717) is 24.8 Å². The molecule has 3 aliphatic carbocycles. The molecule has 3 fully saturated rings. The summed E-state index contributed by atoms with van der Waals surface area (Å²) in [5, 5.41) is 11.4. The van der Waals surface area contributed by atoms with Gasteiger partial charge in [0.05, 0.1) is 0 Å². The third kappa shape index (κ3) is 1.68. The number of carbonyl (C=O) groups excluding carboxylic acids is 1. The number of amides is 1. The lowest BCUT2D eigenvalue weighted by Gasteiger charge is -2.18. The van der Waals surface area contributed by atoms with Crippen molar-refractivity contribution in [3.63, 3.8) is 0 Å². The number of amidine groups is 1. The van der Waals surface area contributed by atoms with Crippen molar-refractivity contribution < 1.29 is 10.0 Å². The van der Waals surface area contributed by atoms with E-state index in [9.17, 15) is 4.79 Å². The third-order valence-corrected chi connectivity index (χ3v) is 5.23. The van der Waals surface area contributed by atoms with Crippen LogP contribution >= 0.6 is 0 Å². The van der Waals surface area contributed by atoms with E-state index in [2.05, 4.69) is 5.16 Å². The molecule has 3 N–H and O–H groups in total. The van der Waals surface area contributed by atoms with Crippen LogP contribution in [0.3, 0.4) is 0 Å². The first-order chi connectivity index (χ1) is 8.63. The second-order valence-electron chi connectivity index (χ2n) is 6.11. The predicted octanol–water partition coefficient (Wildman–Crippen LogP) is 0.873. The van der Waals surface area contributed by atoms with Gasteiger partial charge in [-0.3, -0.25) is 4.79 Å². The molecule has 0 radical (unpaired) electrons. The highest BCUT2D eigenvalue weighted by Gasteiger charge is 2.67. The topological polar surface area (TPSA) is 78.9 Å². The molecule has 4 unspecified atom stereocenters. The summed E-state index contributed by atoms with van der Waals surface area (Å²) >= 11 is 0. The van der Waals surface area contributed by atoms with Crippen LogP contribution in [0.25, 0.3) is 0 Å². The van der Waals surface area contributed by atoms with Crippen molar-refractivity contribution in [1.29, 1.82) is 0 Å². The van der Waals surface area contributed by atoms with Gasteiger partial charge >= 0.3 is 0 Å². The van der Waals surface area contributed by atoms with Crippen LogP contribution in [0.15, 0.2) is 5.16 Å². The highest BCUT2D eigenvalue weighted by Crippen LogP contribution is 2.69. The maximum absolute atomic E-state index is 12.3. The number of rotatable bonds is 4. The van der Waals surface area contributed by atoms with Crippen molar-refractivity contribution in [1.82, 2.24) is 4.90 Å². The number of oxime groups is 1. The number of nitrogens with zero attached hydrogens (tertiary/aromatic N) is 2. The molecule has 0 aromatic rings. The molecule has 4 atom stereocenters. The minimum atomic E-state index is 0.186. The standard InChI is InChI=1S/C13H21N3O2/c1-16(5-4-9(14)15-18)13(17)12-10-7-2-3-8(6-7)11(10)12/h7-8,10-12,18H,2-6H2,1H3,(H2,14,15). The van der Waals surface area contributed by atoms with Crippen molar-refractivity contribution in [2.24, 2.45) is 40.5 Å². The van der Waals surface area contributed by atoms with Crippen LogP contribution in [0.4, 0.5) is 0 Å². The summed E-state index contributed by atoms with van der Waals surface area (Å²) in [7, 11) is 1.82. The molecule has 100 valence electrons. The molecule has 0 heterocycles. The van der Waals surface area contributed by atoms with Gasteiger partial charge in [-0.15, -0.1) is 0 Å². The van der Waals surface area contributed by atoms with Crippen LogP contribution in [0, 0.1) is 29.6 Å². The lowest BCUT2D eigenvalue weighted by atomic mass is 10.0. The Morgan fingerprint density at radius 3 is 2.56 bits per heavy atom. The summed E-state index contributed by atoms with van der Waals surface area (Å²) in [5.41, 5.74) is 5.42. The summed E-state index contributed by atoms with van der Waals surface area (Å²) in [4.78, 5) is 14.1. The molecular weight excluding hydrogens is 230 g/mol. The summed E-state index contributed by atoms with van der Waals surface area (Å²) in [6.45, 7) is 0.542. The monoisotopic (exact) mass is 251 g/mol. The van der Waals surface area contributed by atoms with Gasteiger partial charge in [-0.1, -0.05) is 5.16 Å². The fraction of sp³-hybridized carbons (Fsp3) is 0.846. The molecule has 1 amide bonds. The predicted molar refractivity (Wildman–Crippen MR) is 67.0 cm³/mol. The van der Waals surface area contributed by atoms with Gasteiger partial charge in [0, 0.05) is 25.9 Å². The Kier molecular flexibility index (Phi) is 2.72. The Balaban J connectivity index is 1.54. The zero-order chi connectivity index (χ0) is 12.9. The lowest BCUT2D eigenvalue weighted by molar-refractivity contribution is -0.132. The van der Waals surface area contributed by atoms with Gasteiger partial charge < -0.3 is 15.8 Å². The molecule has 5 heteroatoms. The van der Waals surface area contributed by atoms with Crippen LogP contribution in [-0.4, -0.2) is 35.4 Å². The average molecular weight is 251 g/mol. The quantitative estimate of drug-likeness (QED) is 0.337. The van der Waals surface area contributed by atoms with E-state index in [1.54, 1.807) is 4.90 Å². The maximum atomic E-state index is 12.3. The van der Waals surface area contributed by atoms with E-state index < -0.39 is 0 Å².